The van der Waals surface area contributed by atoms with Gasteiger partial charge in [-0.1, -0.05) is 12.8 Å². The van der Waals surface area contributed by atoms with Crippen LogP contribution in [0.15, 0.2) is 0 Å². The summed E-state index contributed by atoms with van der Waals surface area (Å²) in [5, 5.41) is 8.93. The van der Waals surface area contributed by atoms with Crippen molar-refractivity contribution >= 4 is 6.29 Å². The minimum atomic E-state index is 0.338. The van der Waals surface area contributed by atoms with Gasteiger partial charge in [-0.15, -0.1) is 0 Å². The fourth-order valence-corrected chi connectivity index (χ4v) is 3.97. The first-order valence-corrected chi connectivity index (χ1v) is 7.66. The normalized spacial score (nSPS) is 36.8. The van der Waals surface area contributed by atoms with Crippen LogP contribution in [-0.4, -0.2) is 6.29 Å². The minimum absolute atomic E-state index is 0.338. The largest absolute Gasteiger partial charge is 0.303 e. The van der Waals surface area contributed by atoms with Gasteiger partial charge in [-0.05, 0) is 62.7 Å². The second-order valence-corrected chi connectivity index (χ2v) is 6.27. The van der Waals surface area contributed by atoms with Crippen LogP contribution in [0.3, 0.4) is 0 Å². The lowest BCUT2D eigenvalue weighted by Gasteiger charge is -2.36. The van der Waals surface area contributed by atoms with E-state index in [1.165, 1.54) is 38.5 Å². The van der Waals surface area contributed by atoms with E-state index in [-0.39, 0.29) is 0 Å². The smallest absolute Gasteiger partial charge is 0.120 e. The summed E-state index contributed by atoms with van der Waals surface area (Å²) in [4.78, 5) is 10.4. The molecule has 0 atom stereocenters. The minimum Gasteiger partial charge on any atom is -0.303 e. The van der Waals surface area contributed by atoms with Gasteiger partial charge in [0.2, 0.25) is 0 Å². The highest BCUT2D eigenvalue weighted by Crippen LogP contribution is 2.41. The highest BCUT2D eigenvalue weighted by atomic mass is 16.1. The van der Waals surface area contributed by atoms with Crippen LogP contribution in [0.25, 0.3) is 0 Å². The Labute approximate surface area is 111 Å². The highest BCUT2D eigenvalue weighted by Gasteiger charge is 2.30. The molecule has 2 nitrogen and oxygen atoms in total. The van der Waals surface area contributed by atoms with Crippen molar-refractivity contribution in [3.8, 4) is 6.07 Å². The molecule has 2 saturated carbocycles. The van der Waals surface area contributed by atoms with E-state index in [1.807, 2.05) is 0 Å². The Kier molecular flexibility index (Phi) is 5.23. The number of hydrogen-bond acceptors (Lipinski definition) is 2. The number of carbonyl (C=O) groups excluding carboxylic acids is 1. The van der Waals surface area contributed by atoms with Crippen LogP contribution < -0.4 is 0 Å². The molecule has 0 bridgehead atoms. The molecule has 0 N–H and O–H groups in total. The van der Waals surface area contributed by atoms with Crippen LogP contribution in [-0.2, 0) is 4.79 Å². The summed E-state index contributed by atoms with van der Waals surface area (Å²) in [5.41, 5.74) is 0. The van der Waals surface area contributed by atoms with Crippen LogP contribution in [0, 0.1) is 35.0 Å². The van der Waals surface area contributed by atoms with Gasteiger partial charge in [0.1, 0.15) is 6.29 Å². The van der Waals surface area contributed by atoms with E-state index in [0.29, 0.717) is 5.92 Å². The molecule has 0 heterocycles. The molecule has 0 aromatic rings. The Morgan fingerprint density at radius 2 is 1.50 bits per heavy atom. The zero-order chi connectivity index (χ0) is 12.8. The first kappa shape index (κ1) is 13.6. The van der Waals surface area contributed by atoms with Crippen LogP contribution in [0.2, 0.25) is 0 Å². The molecular weight excluding hydrogens is 222 g/mol. The molecule has 100 valence electrons. The van der Waals surface area contributed by atoms with Gasteiger partial charge >= 0.3 is 0 Å². The molecular formula is C16H25NO. The summed E-state index contributed by atoms with van der Waals surface area (Å²) >= 11 is 0. The summed E-state index contributed by atoms with van der Waals surface area (Å²) in [6.45, 7) is 0. The number of nitrogens with zero attached hydrogens (tertiary/aromatic N) is 1. The number of hydrogen-bond donors (Lipinski definition) is 0. The lowest BCUT2D eigenvalue weighted by atomic mass is 9.69. The second-order valence-electron chi connectivity index (χ2n) is 6.27. The molecule has 2 aliphatic rings. The molecule has 0 aromatic heterocycles. The Morgan fingerprint density at radius 1 is 0.944 bits per heavy atom. The van der Waals surface area contributed by atoms with Crippen LogP contribution in [0.4, 0.5) is 0 Å². The van der Waals surface area contributed by atoms with Crippen LogP contribution in [0.1, 0.15) is 64.2 Å². The van der Waals surface area contributed by atoms with E-state index in [0.717, 1.165) is 49.7 Å². The Balaban J connectivity index is 1.70. The number of rotatable bonds is 4. The van der Waals surface area contributed by atoms with E-state index < -0.39 is 0 Å². The van der Waals surface area contributed by atoms with Crippen molar-refractivity contribution in [2.24, 2.45) is 23.7 Å². The van der Waals surface area contributed by atoms with E-state index in [4.69, 9.17) is 5.26 Å². The van der Waals surface area contributed by atoms with Crippen molar-refractivity contribution in [1.29, 1.82) is 5.26 Å². The topological polar surface area (TPSA) is 40.9 Å². The van der Waals surface area contributed by atoms with Crippen molar-refractivity contribution in [1.82, 2.24) is 0 Å². The van der Waals surface area contributed by atoms with E-state index >= 15 is 0 Å². The summed E-state index contributed by atoms with van der Waals surface area (Å²) in [7, 11) is 0. The van der Waals surface area contributed by atoms with Crippen molar-refractivity contribution in [2.45, 2.75) is 64.2 Å². The first-order chi connectivity index (χ1) is 8.83. The summed E-state index contributed by atoms with van der Waals surface area (Å²) in [6, 6.07) is 2.42. The summed E-state index contributed by atoms with van der Waals surface area (Å²) in [6.07, 6.45) is 13.1. The van der Waals surface area contributed by atoms with Gasteiger partial charge in [0.15, 0.2) is 0 Å². The lowest BCUT2D eigenvalue weighted by molar-refractivity contribution is -0.108. The first-order valence-electron chi connectivity index (χ1n) is 7.66. The lowest BCUT2D eigenvalue weighted by Crippen LogP contribution is -2.25. The molecule has 0 aliphatic heterocycles. The van der Waals surface area contributed by atoms with Crippen LogP contribution in [0.5, 0.6) is 0 Å². The molecule has 0 aromatic carbocycles. The van der Waals surface area contributed by atoms with Crippen molar-refractivity contribution in [3.05, 3.63) is 0 Å². The third-order valence-corrected chi connectivity index (χ3v) is 5.21. The van der Waals surface area contributed by atoms with Crippen molar-refractivity contribution in [2.75, 3.05) is 0 Å². The average Bonchev–Trinajstić information content (AvgIpc) is 2.46. The molecule has 18 heavy (non-hydrogen) atoms. The van der Waals surface area contributed by atoms with Gasteiger partial charge in [-0.25, -0.2) is 0 Å². The molecule has 0 radical (unpaired) electrons. The van der Waals surface area contributed by atoms with Gasteiger partial charge < -0.3 is 4.79 Å². The maximum absolute atomic E-state index is 10.4. The Morgan fingerprint density at radius 3 is 2.00 bits per heavy atom. The fourth-order valence-electron chi connectivity index (χ4n) is 3.97. The Hall–Kier alpha value is -0.840. The van der Waals surface area contributed by atoms with Crippen LogP contribution >= 0.6 is 0 Å². The molecule has 2 aliphatic carbocycles. The SMILES string of the molecule is N#C[C@H]1CC[C@H](C2CCC(CCC=O)CC2)CC1. The van der Waals surface area contributed by atoms with Gasteiger partial charge in [-0.2, -0.15) is 5.26 Å². The second kappa shape index (κ2) is 6.92. The predicted octanol–water partition coefficient (Wildman–Crippen LogP) is 4.10. The molecule has 2 heteroatoms. The van der Waals surface area contributed by atoms with Gasteiger partial charge in [-0.3, -0.25) is 0 Å². The zero-order valence-electron chi connectivity index (χ0n) is 11.3. The number of aldehydes is 1. The van der Waals surface area contributed by atoms with Crippen molar-refractivity contribution < 1.29 is 4.79 Å². The molecule has 0 saturated heterocycles. The summed E-state index contributed by atoms with van der Waals surface area (Å²) < 4.78 is 0. The zero-order valence-corrected chi connectivity index (χ0v) is 11.3. The average molecular weight is 247 g/mol. The van der Waals surface area contributed by atoms with Gasteiger partial charge in [0, 0.05) is 12.3 Å². The monoisotopic (exact) mass is 247 g/mol. The molecule has 2 rings (SSSR count). The highest BCUT2D eigenvalue weighted by molar-refractivity contribution is 5.49. The number of carbonyl (C=O) groups is 1. The Bertz CT molecular complexity index is 291. The maximum Gasteiger partial charge on any atom is 0.120 e. The van der Waals surface area contributed by atoms with Crippen molar-refractivity contribution in [3.63, 3.8) is 0 Å². The standard InChI is InChI=1S/C16H25NO/c17-12-14-5-9-16(10-6-14)15-7-3-13(4-8-15)2-1-11-18/h11,13-16H,1-10H2/t13?,14-,15?,16-. The quantitative estimate of drug-likeness (QED) is 0.702. The summed E-state index contributed by atoms with van der Waals surface area (Å²) in [5.74, 6) is 2.95. The van der Waals surface area contributed by atoms with Gasteiger partial charge in [0.25, 0.3) is 0 Å². The fraction of sp³-hybridized carbons (Fsp3) is 0.875. The maximum atomic E-state index is 10.4. The van der Waals surface area contributed by atoms with E-state index in [1.54, 1.807) is 0 Å². The third kappa shape index (κ3) is 3.57. The molecule has 0 spiro atoms. The molecule has 2 fully saturated rings. The van der Waals surface area contributed by atoms with Gasteiger partial charge in [0.05, 0.1) is 6.07 Å². The van der Waals surface area contributed by atoms with E-state index in [2.05, 4.69) is 6.07 Å². The predicted molar refractivity (Wildman–Crippen MR) is 71.8 cm³/mol. The van der Waals surface area contributed by atoms with E-state index in [9.17, 15) is 4.79 Å². The molecule has 0 amide bonds. The number of nitriles is 1. The third-order valence-electron chi connectivity index (χ3n) is 5.21. The molecule has 0 unspecified atom stereocenters.